The molecule has 0 aliphatic carbocycles. The van der Waals surface area contributed by atoms with Crippen LogP contribution in [0.25, 0.3) is 10.6 Å². The number of halogens is 1. The van der Waals surface area contributed by atoms with Crippen LogP contribution in [0, 0.1) is 5.82 Å². The SMILES string of the molecule is Cn1ccnc1[C@@H](NC(=O)Cc1csc(-c2ccccc2)n1)c1ccc(F)cc1. The van der Waals surface area contributed by atoms with E-state index in [2.05, 4.69) is 15.3 Å². The lowest BCUT2D eigenvalue weighted by molar-refractivity contribution is -0.121. The molecule has 0 bridgehead atoms. The first kappa shape index (κ1) is 19.0. The number of amides is 1. The van der Waals surface area contributed by atoms with Crippen LogP contribution in [0.2, 0.25) is 0 Å². The van der Waals surface area contributed by atoms with Crippen LogP contribution in [0.1, 0.15) is 23.1 Å². The van der Waals surface area contributed by atoms with Gasteiger partial charge in [-0.25, -0.2) is 14.4 Å². The molecule has 0 saturated carbocycles. The van der Waals surface area contributed by atoms with Crippen molar-refractivity contribution in [2.75, 3.05) is 0 Å². The molecule has 2 aromatic carbocycles. The first-order chi connectivity index (χ1) is 14.1. The Labute approximate surface area is 171 Å². The topological polar surface area (TPSA) is 59.8 Å². The third kappa shape index (κ3) is 4.41. The van der Waals surface area contributed by atoms with E-state index in [-0.39, 0.29) is 18.1 Å². The molecule has 29 heavy (non-hydrogen) atoms. The second-order valence-corrected chi connectivity index (χ2v) is 7.49. The minimum absolute atomic E-state index is 0.158. The van der Waals surface area contributed by atoms with E-state index in [0.717, 1.165) is 16.1 Å². The monoisotopic (exact) mass is 406 g/mol. The van der Waals surface area contributed by atoms with Gasteiger partial charge in [-0.1, -0.05) is 42.5 Å². The highest BCUT2D eigenvalue weighted by molar-refractivity contribution is 7.13. The lowest BCUT2D eigenvalue weighted by atomic mass is 10.1. The second-order valence-electron chi connectivity index (χ2n) is 6.64. The standard InChI is InChI=1S/C22H19FN4OS/c1-27-12-11-24-21(27)20(15-7-9-17(23)10-8-15)26-19(28)13-18-14-29-22(25-18)16-5-3-2-4-6-16/h2-12,14,20H,13H2,1H3,(H,26,28)/t20-/m0/s1. The average Bonchev–Trinajstić information content (AvgIpc) is 3.37. The van der Waals surface area contributed by atoms with E-state index in [1.54, 1.807) is 18.3 Å². The Bertz CT molecular complexity index is 1110. The number of aromatic nitrogens is 3. The molecular formula is C22H19FN4OS. The van der Waals surface area contributed by atoms with Crippen LogP contribution in [-0.4, -0.2) is 20.4 Å². The van der Waals surface area contributed by atoms with Crippen LogP contribution in [-0.2, 0) is 18.3 Å². The molecule has 0 spiro atoms. The van der Waals surface area contributed by atoms with Crippen LogP contribution in [0.3, 0.4) is 0 Å². The zero-order chi connectivity index (χ0) is 20.2. The Morgan fingerprint density at radius 3 is 2.62 bits per heavy atom. The van der Waals surface area contributed by atoms with E-state index in [9.17, 15) is 9.18 Å². The van der Waals surface area contributed by atoms with Gasteiger partial charge in [0.2, 0.25) is 5.91 Å². The van der Waals surface area contributed by atoms with Crippen molar-refractivity contribution >= 4 is 17.2 Å². The number of nitrogens with zero attached hydrogens (tertiary/aromatic N) is 3. The Hall–Kier alpha value is -3.32. The van der Waals surface area contributed by atoms with Crippen molar-refractivity contribution in [1.29, 1.82) is 0 Å². The molecule has 0 fully saturated rings. The van der Waals surface area contributed by atoms with Gasteiger partial charge in [0.25, 0.3) is 0 Å². The Balaban J connectivity index is 1.52. The van der Waals surface area contributed by atoms with Gasteiger partial charge in [-0.2, -0.15) is 0 Å². The summed E-state index contributed by atoms with van der Waals surface area (Å²) in [5, 5.41) is 5.79. The first-order valence-electron chi connectivity index (χ1n) is 9.12. The molecule has 0 radical (unpaired) electrons. The van der Waals surface area contributed by atoms with Crippen LogP contribution in [0.4, 0.5) is 4.39 Å². The largest absolute Gasteiger partial charge is 0.342 e. The number of thiazole rings is 1. The first-order valence-corrected chi connectivity index (χ1v) is 10.00. The molecule has 2 aromatic heterocycles. The summed E-state index contributed by atoms with van der Waals surface area (Å²) in [6, 6.07) is 15.5. The van der Waals surface area contributed by atoms with Crippen molar-refractivity contribution < 1.29 is 9.18 Å². The summed E-state index contributed by atoms with van der Waals surface area (Å²) in [6.07, 6.45) is 3.64. The molecule has 4 rings (SSSR count). The number of hydrogen-bond donors (Lipinski definition) is 1. The van der Waals surface area contributed by atoms with Gasteiger partial charge in [-0.05, 0) is 17.7 Å². The third-order valence-electron chi connectivity index (χ3n) is 4.54. The van der Waals surface area contributed by atoms with Gasteiger partial charge >= 0.3 is 0 Å². The number of carbonyl (C=O) groups excluding carboxylic acids is 1. The molecule has 0 unspecified atom stereocenters. The number of nitrogens with one attached hydrogen (secondary N) is 1. The van der Waals surface area contributed by atoms with Crippen molar-refractivity contribution in [3.8, 4) is 10.6 Å². The maximum atomic E-state index is 13.3. The van der Waals surface area contributed by atoms with Gasteiger partial charge in [-0.3, -0.25) is 4.79 Å². The predicted molar refractivity (Wildman–Crippen MR) is 111 cm³/mol. The Kier molecular flexibility index (Phi) is 5.48. The molecule has 4 aromatic rings. The lowest BCUT2D eigenvalue weighted by Gasteiger charge is -2.19. The van der Waals surface area contributed by atoms with Gasteiger partial charge in [0, 0.05) is 30.4 Å². The number of rotatable bonds is 6. The molecule has 1 N–H and O–H groups in total. The van der Waals surface area contributed by atoms with Gasteiger partial charge in [0.1, 0.15) is 22.7 Å². The van der Waals surface area contributed by atoms with E-state index >= 15 is 0 Å². The van der Waals surface area contributed by atoms with E-state index in [0.29, 0.717) is 11.5 Å². The van der Waals surface area contributed by atoms with Gasteiger partial charge in [0.15, 0.2) is 0 Å². The van der Waals surface area contributed by atoms with Crippen LogP contribution in [0.5, 0.6) is 0 Å². The fraction of sp³-hybridized carbons (Fsp3) is 0.136. The van der Waals surface area contributed by atoms with Crippen molar-refractivity contribution in [2.24, 2.45) is 7.05 Å². The number of hydrogen-bond acceptors (Lipinski definition) is 4. The molecule has 2 heterocycles. The Morgan fingerprint density at radius 2 is 1.93 bits per heavy atom. The highest BCUT2D eigenvalue weighted by Gasteiger charge is 2.21. The summed E-state index contributed by atoms with van der Waals surface area (Å²) in [5.41, 5.74) is 2.50. The normalized spacial score (nSPS) is 11.9. The quantitative estimate of drug-likeness (QED) is 0.524. The van der Waals surface area contributed by atoms with Crippen molar-refractivity contribution in [3.05, 3.63) is 95.3 Å². The molecule has 1 atom stereocenters. The highest BCUT2D eigenvalue weighted by atomic mass is 32.1. The van der Waals surface area contributed by atoms with Crippen molar-refractivity contribution in [1.82, 2.24) is 19.9 Å². The Morgan fingerprint density at radius 1 is 1.17 bits per heavy atom. The maximum absolute atomic E-state index is 13.3. The van der Waals surface area contributed by atoms with Crippen molar-refractivity contribution in [2.45, 2.75) is 12.5 Å². The zero-order valence-corrected chi connectivity index (χ0v) is 16.6. The molecule has 5 nitrogen and oxygen atoms in total. The summed E-state index contributed by atoms with van der Waals surface area (Å²) < 4.78 is 15.2. The highest BCUT2D eigenvalue weighted by Crippen LogP contribution is 2.24. The summed E-state index contributed by atoms with van der Waals surface area (Å²) in [4.78, 5) is 21.7. The fourth-order valence-corrected chi connectivity index (χ4v) is 3.91. The van der Waals surface area contributed by atoms with Gasteiger partial charge < -0.3 is 9.88 Å². The summed E-state index contributed by atoms with van der Waals surface area (Å²) in [6.45, 7) is 0. The second kappa shape index (κ2) is 8.36. The number of imidazole rings is 1. The van der Waals surface area contributed by atoms with Crippen LogP contribution >= 0.6 is 11.3 Å². The molecular weight excluding hydrogens is 387 g/mol. The molecule has 1 amide bonds. The van der Waals surface area contributed by atoms with E-state index in [4.69, 9.17) is 0 Å². The summed E-state index contributed by atoms with van der Waals surface area (Å²) >= 11 is 1.51. The van der Waals surface area contributed by atoms with E-state index < -0.39 is 6.04 Å². The summed E-state index contributed by atoms with van der Waals surface area (Å²) in [5.74, 6) is 0.176. The number of carbonyl (C=O) groups is 1. The molecule has 0 aliphatic rings. The lowest BCUT2D eigenvalue weighted by Crippen LogP contribution is -2.32. The number of aryl methyl sites for hydroxylation is 1. The average molecular weight is 406 g/mol. The van der Waals surface area contributed by atoms with Crippen molar-refractivity contribution in [3.63, 3.8) is 0 Å². The van der Waals surface area contributed by atoms with E-state index in [1.165, 1.54) is 23.5 Å². The van der Waals surface area contributed by atoms with Gasteiger partial charge in [-0.15, -0.1) is 11.3 Å². The van der Waals surface area contributed by atoms with Crippen LogP contribution < -0.4 is 5.32 Å². The predicted octanol–water partition coefficient (Wildman–Crippen LogP) is 4.13. The van der Waals surface area contributed by atoms with Gasteiger partial charge in [0.05, 0.1) is 12.1 Å². The molecule has 0 aliphatic heterocycles. The third-order valence-corrected chi connectivity index (χ3v) is 5.48. The number of benzene rings is 2. The minimum Gasteiger partial charge on any atom is -0.342 e. The molecule has 146 valence electrons. The zero-order valence-electron chi connectivity index (χ0n) is 15.7. The molecule has 0 saturated heterocycles. The smallest absolute Gasteiger partial charge is 0.226 e. The minimum atomic E-state index is -0.477. The van der Waals surface area contributed by atoms with E-state index in [1.807, 2.05) is 53.5 Å². The maximum Gasteiger partial charge on any atom is 0.226 e. The molecule has 7 heteroatoms. The van der Waals surface area contributed by atoms with Crippen LogP contribution in [0.15, 0.2) is 72.4 Å². The fourth-order valence-electron chi connectivity index (χ4n) is 3.09. The summed E-state index contributed by atoms with van der Waals surface area (Å²) in [7, 11) is 1.86.